The Bertz CT molecular complexity index is 827. The van der Waals surface area contributed by atoms with E-state index in [-0.39, 0.29) is 11.5 Å². The minimum atomic E-state index is -0.331. The Morgan fingerprint density at radius 3 is 2.86 bits per heavy atom. The molecule has 3 heterocycles. The molecule has 2 N–H and O–H groups in total. The maximum Gasteiger partial charge on any atom is 0.258 e. The van der Waals surface area contributed by atoms with Gasteiger partial charge in [-0.25, -0.2) is 4.98 Å². The van der Waals surface area contributed by atoms with Crippen molar-refractivity contribution in [2.45, 2.75) is 6.92 Å². The molecule has 0 aliphatic carbocycles. The second-order valence-electron chi connectivity index (χ2n) is 4.34. The van der Waals surface area contributed by atoms with Crippen molar-refractivity contribution in [1.29, 1.82) is 0 Å². The summed E-state index contributed by atoms with van der Waals surface area (Å²) in [5.74, 6) is 1.13. The van der Waals surface area contributed by atoms with Crippen molar-refractivity contribution in [3.63, 3.8) is 0 Å². The Labute approximate surface area is 123 Å². The summed E-state index contributed by atoms with van der Waals surface area (Å²) in [6.07, 6.45) is 1.36. The van der Waals surface area contributed by atoms with Crippen LogP contribution in [0.25, 0.3) is 11.5 Å². The van der Waals surface area contributed by atoms with Crippen molar-refractivity contribution in [2.75, 3.05) is 5.32 Å². The van der Waals surface area contributed by atoms with Gasteiger partial charge in [-0.05, 0) is 25.1 Å². The molecule has 3 aromatic heterocycles. The second kappa shape index (κ2) is 5.37. The van der Waals surface area contributed by atoms with E-state index in [9.17, 15) is 9.59 Å². The number of nitrogens with one attached hydrogen (secondary N) is 2. The van der Waals surface area contributed by atoms with Gasteiger partial charge >= 0.3 is 0 Å². The molecular weight excluding hydrogens is 290 g/mol. The van der Waals surface area contributed by atoms with Crippen molar-refractivity contribution >= 4 is 22.4 Å². The molecule has 0 bridgehead atoms. The molecule has 7 heteroatoms. The molecule has 6 nitrogen and oxygen atoms in total. The van der Waals surface area contributed by atoms with Crippen molar-refractivity contribution in [2.24, 2.45) is 0 Å². The van der Waals surface area contributed by atoms with Crippen LogP contribution < -0.4 is 10.9 Å². The normalized spacial score (nSPS) is 10.5. The van der Waals surface area contributed by atoms with Crippen LogP contribution in [0.5, 0.6) is 0 Å². The maximum absolute atomic E-state index is 12.0. The fraction of sp³-hybridized carbons (Fsp3) is 0.0714. The number of hydrogen-bond acceptors (Lipinski definition) is 5. The molecular formula is C14H11N3O3S. The van der Waals surface area contributed by atoms with Gasteiger partial charge in [-0.1, -0.05) is 0 Å². The smallest absolute Gasteiger partial charge is 0.258 e. The molecule has 0 saturated carbocycles. The molecule has 0 fully saturated rings. The number of furan rings is 1. The lowest BCUT2D eigenvalue weighted by Gasteiger charge is -2.00. The summed E-state index contributed by atoms with van der Waals surface area (Å²) in [7, 11) is 0. The summed E-state index contributed by atoms with van der Waals surface area (Å²) in [6.45, 7) is 1.86. The largest absolute Gasteiger partial charge is 0.460 e. The summed E-state index contributed by atoms with van der Waals surface area (Å²) in [4.78, 5) is 29.7. The lowest BCUT2D eigenvalue weighted by molar-refractivity contribution is 0.102. The first-order valence-corrected chi connectivity index (χ1v) is 7.02. The third kappa shape index (κ3) is 2.92. The highest BCUT2D eigenvalue weighted by Gasteiger charge is 2.11. The van der Waals surface area contributed by atoms with Gasteiger partial charge in [0.1, 0.15) is 11.5 Å². The highest BCUT2D eigenvalue weighted by Crippen LogP contribution is 2.26. The van der Waals surface area contributed by atoms with Gasteiger partial charge in [-0.15, -0.1) is 11.3 Å². The fourth-order valence-electron chi connectivity index (χ4n) is 1.74. The average molecular weight is 301 g/mol. The minimum Gasteiger partial charge on any atom is -0.460 e. The van der Waals surface area contributed by atoms with Crippen LogP contribution in [0.3, 0.4) is 0 Å². The van der Waals surface area contributed by atoms with Crippen LogP contribution in [0.1, 0.15) is 16.1 Å². The zero-order chi connectivity index (χ0) is 14.8. The molecule has 0 saturated heterocycles. The lowest BCUT2D eigenvalue weighted by atomic mass is 10.3. The third-order valence-electron chi connectivity index (χ3n) is 2.76. The van der Waals surface area contributed by atoms with Crippen LogP contribution in [-0.4, -0.2) is 15.9 Å². The number of hydrogen-bond donors (Lipinski definition) is 2. The van der Waals surface area contributed by atoms with E-state index < -0.39 is 0 Å². The van der Waals surface area contributed by atoms with Gasteiger partial charge in [0.05, 0.1) is 5.56 Å². The highest BCUT2D eigenvalue weighted by atomic mass is 32.1. The van der Waals surface area contributed by atoms with Gasteiger partial charge in [0, 0.05) is 17.6 Å². The molecule has 1 amide bonds. The number of H-pyrrole nitrogens is 1. The predicted molar refractivity (Wildman–Crippen MR) is 79.6 cm³/mol. The second-order valence-corrected chi connectivity index (χ2v) is 5.20. The Hall–Kier alpha value is -2.67. The fourth-order valence-corrected chi connectivity index (χ4v) is 2.43. The SMILES string of the molecule is Cc1ccc(-c2csc(NC(=O)c3ccc(=O)[nH]c3)n2)o1. The van der Waals surface area contributed by atoms with Crippen LogP contribution in [0, 0.1) is 6.92 Å². The Morgan fingerprint density at radius 1 is 1.33 bits per heavy atom. The van der Waals surface area contributed by atoms with Gasteiger partial charge in [-0.3, -0.25) is 14.9 Å². The lowest BCUT2D eigenvalue weighted by Crippen LogP contribution is -2.14. The average Bonchev–Trinajstić information content (AvgIpc) is 3.08. The summed E-state index contributed by atoms with van der Waals surface area (Å²) < 4.78 is 5.48. The number of aryl methyl sites for hydroxylation is 1. The van der Waals surface area contributed by atoms with E-state index in [2.05, 4.69) is 15.3 Å². The number of amides is 1. The summed E-state index contributed by atoms with van der Waals surface area (Å²) >= 11 is 1.30. The van der Waals surface area contributed by atoms with Crippen LogP contribution in [0.4, 0.5) is 5.13 Å². The van der Waals surface area contributed by atoms with Crippen molar-refractivity contribution in [3.05, 3.63) is 57.5 Å². The number of nitrogens with zero attached hydrogens (tertiary/aromatic N) is 1. The predicted octanol–water partition coefficient (Wildman–Crippen LogP) is 2.65. The monoisotopic (exact) mass is 301 g/mol. The van der Waals surface area contributed by atoms with Gasteiger partial charge in [0.15, 0.2) is 10.9 Å². The highest BCUT2D eigenvalue weighted by molar-refractivity contribution is 7.14. The first kappa shape index (κ1) is 13.3. The standard InChI is InChI=1S/C14H11N3O3S/c1-8-2-4-11(20-8)10-7-21-14(16-10)17-13(19)9-3-5-12(18)15-6-9/h2-7H,1H3,(H,15,18)(H,16,17,19). The van der Waals surface area contributed by atoms with Crippen molar-refractivity contribution in [1.82, 2.24) is 9.97 Å². The van der Waals surface area contributed by atoms with E-state index >= 15 is 0 Å². The topological polar surface area (TPSA) is 88.0 Å². The van der Waals surface area contributed by atoms with Gasteiger partial charge in [-0.2, -0.15) is 0 Å². The first-order chi connectivity index (χ1) is 10.1. The van der Waals surface area contributed by atoms with E-state index in [0.717, 1.165) is 5.76 Å². The molecule has 0 radical (unpaired) electrons. The molecule has 0 aliphatic heterocycles. The van der Waals surface area contributed by atoms with Gasteiger partial charge in [0.2, 0.25) is 5.56 Å². The first-order valence-electron chi connectivity index (χ1n) is 6.14. The molecule has 0 atom stereocenters. The molecule has 106 valence electrons. The number of aromatic nitrogens is 2. The number of carbonyl (C=O) groups excluding carboxylic acids is 1. The molecule has 0 aromatic carbocycles. The van der Waals surface area contributed by atoms with Crippen LogP contribution in [0.15, 0.2) is 45.1 Å². The van der Waals surface area contributed by atoms with Crippen LogP contribution in [0.2, 0.25) is 0 Å². The minimum absolute atomic E-state index is 0.253. The summed E-state index contributed by atoms with van der Waals surface area (Å²) in [6, 6.07) is 6.44. The molecule has 0 unspecified atom stereocenters. The van der Waals surface area contributed by atoms with Crippen molar-refractivity contribution in [3.8, 4) is 11.5 Å². The molecule has 0 aliphatic rings. The zero-order valence-electron chi connectivity index (χ0n) is 11.0. The number of aromatic amines is 1. The van der Waals surface area contributed by atoms with Gasteiger partial charge in [0.25, 0.3) is 5.91 Å². The molecule has 0 spiro atoms. The Kier molecular flexibility index (Phi) is 3.41. The third-order valence-corrected chi connectivity index (χ3v) is 3.52. The van der Waals surface area contributed by atoms with E-state index in [1.54, 1.807) is 5.38 Å². The number of rotatable bonds is 3. The van der Waals surface area contributed by atoms with Crippen LogP contribution in [-0.2, 0) is 0 Å². The van der Waals surface area contributed by atoms with Crippen LogP contribution >= 0.6 is 11.3 Å². The van der Waals surface area contributed by atoms with E-state index in [0.29, 0.717) is 22.1 Å². The summed E-state index contributed by atoms with van der Waals surface area (Å²) in [5.41, 5.74) is 0.779. The molecule has 3 aromatic rings. The summed E-state index contributed by atoms with van der Waals surface area (Å²) in [5, 5.41) is 4.95. The number of thiazole rings is 1. The molecule has 3 rings (SSSR count). The number of carbonyl (C=O) groups is 1. The van der Waals surface area contributed by atoms with E-state index in [1.807, 2.05) is 19.1 Å². The van der Waals surface area contributed by atoms with E-state index in [1.165, 1.54) is 29.7 Å². The van der Waals surface area contributed by atoms with Crippen molar-refractivity contribution < 1.29 is 9.21 Å². The number of pyridine rings is 1. The van der Waals surface area contributed by atoms with Gasteiger partial charge < -0.3 is 9.40 Å². The quantitative estimate of drug-likeness (QED) is 0.778. The Morgan fingerprint density at radius 2 is 2.19 bits per heavy atom. The number of anilines is 1. The maximum atomic E-state index is 12.0. The zero-order valence-corrected chi connectivity index (χ0v) is 11.9. The molecule has 21 heavy (non-hydrogen) atoms. The Balaban J connectivity index is 1.76. The van der Waals surface area contributed by atoms with E-state index in [4.69, 9.17) is 4.42 Å².